The van der Waals surface area contributed by atoms with Gasteiger partial charge < -0.3 is 0 Å². The molecule has 0 radical (unpaired) electrons. The molecule has 0 aliphatic rings. The number of nitriles is 1. The normalized spacial score (nSPS) is 11.1. The topological polar surface area (TPSA) is 23.8 Å². The quantitative estimate of drug-likeness (QED) is 0.457. The van der Waals surface area contributed by atoms with Gasteiger partial charge in [0.1, 0.15) is 0 Å². The number of hydrogen-bond donors (Lipinski definition) is 0. The number of halogens is 3. The molecular weight excluding hydrogens is 407 g/mol. The molecule has 0 aromatic heterocycles. The maximum absolute atomic E-state index is 12.7. The van der Waals surface area contributed by atoms with Crippen molar-refractivity contribution in [3.8, 4) is 6.07 Å². The molecule has 0 aliphatic heterocycles. The molecule has 0 aliphatic carbocycles. The van der Waals surface area contributed by atoms with E-state index in [-0.39, 0.29) is 11.8 Å². The van der Waals surface area contributed by atoms with Crippen LogP contribution in [0.4, 0.5) is 13.2 Å². The van der Waals surface area contributed by atoms with E-state index in [1.54, 1.807) is 26.0 Å². The van der Waals surface area contributed by atoms with E-state index in [0.717, 1.165) is 11.1 Å². The van der Waals surface area contributed by atoms with Gasteiger partial charge in [0.25, 0.3) is 0 Å². The lowest BCUT2D eigenvalue weighted by molar-refractivity contribution is -0.138. The molecule has 0 heterocycles. The molecule has 32 heavy (non-hydrogen) atoms. The molecule has 0 atom stereocenters. The zero-order valence-corrected chi connectivity index (χ0v) is 21.4. The van der Waals surface area contributed by atoms with Gasteiger partial charge >= 0.3 is 6.18 Å². The Hall–Kier alpha value is -2.28. The molecule has 4 heteroatoms. The lowest BCUT2D eigenvalue weighted by atomic mass is 9.91. The summed E-state index contributed by atoms with van der Waals surface area (Å²) in [5.74, 6) is 1.11. The van der Waals surface area contributed by atoms with Crippen molar-refractivity contribution in [2.75, 3.05) is 0 Å². The van der Waals surface area contributed by atoms with Gasteiger partial charge in [0.15, 0.2) is 0 Å². The summed E-state index contributed by atoms with van der Waals surface area (Å²) in [5.41, 5.74) is 4.13. The summed E-state index contributed by atoms with van der Waals surface area (Å²) in [6.07, 6.45) is -4.25. The fraction of sp³-hybridized carbons (Fsp3) is 0.536. The minimum absolute atomic E-state index is 0.115. The number of nitrogens with zero attached hydrogens (tertiary/aromatic N) is 1. The van der Waals surface area contributed by atoms with Gasteiger partial charge in [-0.1, -0.05) is 87.4 Å². The monoisotopic (exact) mass is 447 g/mol. The number of rotatable bonds is 4. The highest BCUT2D eigenvalue weighted by Crippen LogP contribution is 2.36. The molecule has 0 saturated heterocycles. The average Bonchev–Trinajstić information content (AvgIpc) is 2.73. The molecule has 0 saturated carbocycles. The van der Waals surface area contributed by atoms with Crippen LogP contribution >= 0.6 is 0 Å². The molecule has 0 unspecified atom stereocenters. The average molecular weight is 448 g/mol. The van der Waals surface area contributed by atoms with E-state index in [0.29, 0.717) is 17.4 Å². The second kappa shape index (κ2) is 13.3. The summed E-state index contributed by atoms with van der Waals surface area (Å²) < 4.78 is 38.2. The van der Waals surface area contributed by atoms with Crippen LogP contribution in [-0.2, 0) is 6.18 Å². The molecule has 0 amide bonds. The molecule has 0 spiro atoms. The summed E-state index contributed by atoms with van der Waals surface area (Å²) in [7, 11) is 0. The Labute approximate surface area is 193 Å². The Kier molecular flexibility index (Phi) is 12.4. The Balaban J connectivity index is 0.000000561. The van der Waals surface area contributed by atoms with Crippen LogP contribution in [0.1, 0.15) is 126 Å². The first-order valence-corrected chi connectivity index (χ1v) is 11.5. The van der Waals surface area contributed by atoms with E-state index in [4.69, 9.17) is 5.26 Å². The Bertz CT molecular complexity index is 843. The van der Waals surface area contributed by atoms with Crippen LogP contribution in [0, 0.1) is 11.3 Å². The van der Waals surface area contributed by atoms with Crippen molar-refractivity contribution in [1.82, 2.24) is 0 Å². The summed E-state index contributed by atoms with van der Waals surface area (Å²) in [6.45, 7) is 20.1. The van der Waals surface area contributed by atoms with Crippen LogP contribution in [0.3, 0.4) is 0 Å². The fourth-order valence-electron chi connectivity index (χ4n) is 3.08. The van der Waals surface area contributed by atoms with E-state index in [2.05, 4.69) is 39.8 Å². The van der Waals surface area contributed by atoms with E-state index >= 15 is 0 Å². The van der Waals surface area contributed by atoms with Crippen LogP contribution in [0.25, 0.3) is 0 Å². The SMILES string of the molecule is CC.CC(C)c1cc(C#N)cc(C(C)C)c1.CC(C)c1ccc(C(F)(F)F)c(C(C)C)c1. The van der Waals surface area contributed by atoms with Gasteiger partial charge in [-0.25, -0.2) is 0 Å². The van der Waals surface area contributed by atoms with Gasteiger partial charge in [0.05, 0.1) is 17.2 Å². The van der Waals surface area contributed by atoms with Crippen molar-refractivity contribution in [1.29, 1.82) is 5.26 Å². The predicted octanol–water partition coefficient (Wildman–Crippen LogP) is 9.78. The first-order chi connectivity index (χ1) is 14.8. The first-order valence-electron chi connectivity index (χ1n) is 11.5. The van der Waals surface area contributed by atoms with E-state index in [1.807, 2.05) is 39.8 Å². The minimum Gasteiger partial charge on any atom is -0.192 e. The van der Waals surface area contributed by atoms with Gasteiger partial charge in [0, 0.05) is 0 Å². The van der Waals surface area contributed by atoms with Gasteiger partial charge in [0.2, 0.25) is 0 Å². The first kappa shape index (κ1) is 29.7. The van der Waals surface area contributed by atoms with Crippen molar-refractivity contribution < 1.29 is 13.2 Å². The van der Waals surface area contributed by atoms with Gasteiger partial charge in [-0.15, -0.1) is 0 Å². The van der Waals surface area contributed by atoms with E-state index < -0.39 is 11.7 Å². The molecule has 2 aromatic rings. The summed E-state index contributed by atoms with van der Waals surface area (Å²) in [6, 6.07) is 12.8. The smallest absolute Gasteiger partial charge is 0.192 e. The largest absolute Gasteiger partial charge is 0.416 e. The van der Waals surface area contributed by atoms with Crippen molar-refractivity contribution in [2.45, 2.75) is 99.1 Å². The third-order valence-corrected chi connectivity index (χ3v) is 5.11. The summed E-state index contributed by atoms with van der Waals surface area (Å²) in [5, 5.41) is 8.90. The summed E-state index contributed by atoms with van der Waals surface area (Å²) >= 11 is 0. The number of benzene rings is 2. The van der Waals surface area contributed by atoms with E-state index in [9.17, 15) is 13.2 Å². The molecular formula is C28H40F3N. The minimum atomic E-state index is -4.25. The highest BCUT2D eigenvalue weighted by molar-refractivity contribution is 5.40. The van der Waals surface area contributed by atoms with Crippen LogP contribution in [0.2, 0.25) is 0 Å². The van der Waals surface area contributed by atoms with Crippen molar-refractivity contribution in [2.24, 2.45) is 0 Å². The molecule has 1 nitrogen and oxygen atoms in total. The Morgan fingerprint density at radius 1 is 0.656 bits per heavy atom. The van der Waals surface area contributed by atoms with Crippen molar-refractivity contribution in [3.63, 3.8) is 0 Å². The summed E-state index contributed by atoms with van der Waals surface area (Å²) in [4.78, 5) is 0. The maximum atomic E-state index is 12.7. The standard InChI is InChI=1S/C13H17F3.C13H17N.C2H6/c1-8(2)10-5-6-12(13(14,15)16)11(7-10)9(3)4;1-9(2)12-5-11(8-14)6-13(7-12)10(3)4;1-2/h5-9H,1-4H3;5-7,9-10H,1-4H3;1-2H3. The van der Waals surface area contributed by atoms with Crippen molar-refractivity contribution in [3.05, 3.63) is 69.8 Å². The second-order valence-corrected chi connectivity index (χ2v) is 8.96. The third-order valence-electron chi connectivity index (χ3n) is 5.11. The lowest BCUT2D eigenvalue weighted by Gasteiger charge is -2.18. The van der Waals surface area contributed by atoms with Crippen molar-refractivity contribution >= 4 is 0 Å². The van der Waals surface area contributed by atoms with Gasteiger partial charge in [-0.3, -0.25) is 0 Å². The van der Waals surface area contributed by atoms with Crippen LogP contribution in [0.5, 0.6) is 0 Å². The number of hydrogen-bond acceptors (Lipinski definition) is 1. The van der Waals surface area contributed by atoms with Gasteiger partial charge in [-0.2, -0.15) is 18.4 Å². The zero-order valence-electron chi connectivity index (χ0n) is 21.4. The zero-order chi connectivity index (χ0) is 25.2. The second-order valence-electron chi connectivity index (χ2n) is 8.96. The molecule has 0 fully saturated rings. The van der Waals surface area contributed by atoms with Crippen LogP contribution in [0.15, 0.2) is 36.4 Å². The molecule has 2 rings (SSSR count). The highest BCUT2D eigenvalue weighted by Gasteiger charge is 2.33. The van der Waals surface area contributed by atoms with Crippen LogP contribution < -0.4 is 0 Å². The maximum Gasteiger partial charge on any atom is 0.416 e. The molecule has 0 N–H and O–H groups in total. The third kappa shape index (κ3) is 9.07. The van der Waals surface area contributed by atoms with E-state index in [1.165, 1.54) is 17.2 Å². The Morgan fingerprint density at radius 3 is 1.41 bits per heavy atom. The molecule has 178 valence electrons. The highest BCUT2D eigenvalue weighted by atomic mass is 19.4. The predicted molar refractivity (Wildman–Crippen MR) is 130 cm³/mol. The molecule has 2 aromatic carbocycles. The number of alkyl halides is 3. The fourth-order valence-corrected chi connectivity index (χ4v) is 3.08. The van der Waals surface area contributed by atoms with Crippen LogP contribution in [-0.4, -0.2) is 0 Å². The van der Waals surface area contributed by atoms with Gasteiger partial charge in [-0.05, 0) is 64.1 Å². The Morgan fingerprint density at radius 2 is 1.09 bits per heavy atom. The molecule has 0 bridgehead atoms. The lowest BCUT2D eigenvalue weighted by Crippen LogP contribution is -2.10.